The Morgan fingerprint density at radius 1 is 0.169 bits per heavy atom. The normalized spacial score (nSPS) is 11.5. The van der Waals surface area contributed by atoms with E-state index in [0.29, 0.717) is 34.9 Å². The van der Waals surface area contributed by atoms with Gasteiger partial charge in [0.25, 0.3) is 0 Å². The van der Waals surface area contributed by atoms with Crippen LogP contribution in [-0.2, 0) is 0 Å². The molecule has 0 spiro atoms. The Bertz CT molecular complexity index is 8820. The molecule has 0 bridgehead atoms. The summed E-state index contributed by atoms with van der Waals surface area (Å²) >= 11 is 3.69. The summed E-state index contributed by atoms with van der Waals surface area (Å²) in [4.78, 5) is 42.3. The topological polar surface area (TPSA) is 113 Å². The van der Waals surface area contributed by atoms with Crippen LogP contribution in [0.4, 0.5) is 0 Å². The van der Waals surface area contributed by atoms with E-state index in [1.54, 1.807) is 0 Å². The number of thiophene rings is 2. The molecule has 0 aliphatic rings. The maximum absolute atomic E-state index is 5.50. The highest BCUT2D eigenvalue weighted by molar-refractivity contribution is 7.27. The van der Waals surface area contributed by atoms with Crippen LogP contribution in [0.25, 0.3) is 253 Å². The van der Waals surface area contributed by atoms with E-state index in [-0.39, 0.29) is 0 Å². The molecule has 0 aliphatic heterocycles. The number of nitrogens with zero attached hydrogens (tertiary/aromatic N) is 10. The molecule has 0 saturated heterocycles. The van der Waals surface area contributed by atoms with Crippen LogP contribution in [0.5, 0.6) is 0 Å². The summed E-state index contributed by atoms with van der Waals surface area (Å²) in [5, 5.41) is 9.75. The van der Waals surface area contributed by atoms with Crippen LogP contribution in [0, 0.1) is 0 Å². The maximum atomic E-state index is 5.50. The molecule has 0 radical (unpaired) electrons. The Labute approximate surface area is 792 Å². The number of fused-ring (bicyclic) bond motifs is 14. The minimum atomic E-state index is 0.550. The molecule has 0 saturated carbocycles. The molecule has 18 aromatic carbocycles. The molecule has 26 aromatic rings. The van der Waals surface area contributed by atoms with Crippen molar-refractivity contribution >= 4 is 107 Å². The second-order valence-corrected chi connectivity index (χ2v) is 36.1. The van der Waals surface area contributed by atoms with Crippen molar-refractivity contribution < 1.29 is 0 Å². The quantitative estimate of drug-likeness (QED) is 0.0940. The van der Waals surface area contributed by atoms with E-state index >= 15 is 0 Å². The van der Waals surface area contributed by atoms with Gasteiger partial charge in [-0.25, -0.2) is 29.9 Å². The van der Waals surface area contributed by atoms with E-state index in [9.17, 15) is 0 Å². The first kappa shape index (κ1) is 80.4. The molecule has 0 unspecified atom stereocenters. The van der Waals surface area contributed by atoms with Gasteiger partial charge in [0.2, 0.25) is 0 Å². The third kappa shape index (κ3) is 14.8. The van der Waals surface area contributed by atoms with E-state index in [1.165, 1.54) is 78.6 Å². The summed E-state index contributed by atoms with van der Waals surface area (Å²) in [6.07, 6.45) is 4.03. The van der Waals surface area contributed by atoms with E-state index in [2.05, 4.69) is 373 Å². The Balaban J connectivity index is 0.000000145. The molecule has 0 N–H and O–H groups in total. The second kappa shape index (κ2) is 34.6. The van der Waals surface area contributed by atoms with Gasteiger partial charge in [0.15, 0.2) is 34.9 Å². The lowest BCUT2D eigenvalue weighted by molar-refractivity contribution is 1.07. The predicted octanol–water partition coefficient (Wildman–Crippen LogP) is 32.8. The molecular weight excluding hydrogens is 1690 g/mol. The lowest BCUT2D eigenvalue weighted by Gasteiger charge is -2.15. The third-order valence-corrected chi connectivity index (χ3v) is 28.1. The van der Waals surface area contributed by atoms with Crippen molar-refractivity contribution in [3.63, 3.8) is 0 Å². The van der Waals surface area contributed by atoms with Crippen LogP contribution in [0.3, 0.4) is 0 Å². The van der Waals surface area contributed by atoms with Crippen LogP contribution < -0.4 is 0 Å². The van der Waals surface area contributed by atoms with Crippen LogP contribution in [0.1, 0.15) is 0 Å². The van der Waals surface area contributed by atoms with Crippen molar-refractivity contribution in [3.8, 4) is 169 Å². The van der Waals surface area contributed by atoms with E-state index in [0.717, 1.165) is 139 Å². The smallest absolute Gasteiger partial charge is 0.166 e. The monoisotopic (exact) mass is 1770 g/mol. The fourth-order valence-corrected chi connectivity index (χ4v) is 21.9. The highest BCUT2D eigenvalue weighted by atomic mass is 32.1. The van der Waals surface area contributed by atoms with Gasteiger partial charge < -0.3 is 9.13 Å². The first-order chi connectivity index (χ1) is 67.4. The molecule has 0 amide bonds. The summed E-state index contributed by atoms with van der Waals surface area (Å²) in [5.74, 6) is 3.49. The van der Waals surface area contributed by atoms with E-state index < -0.39 is 0 Å². The second-order valence-electron chi connectivity index (χ2n) is 34.0. The standard InChI is InChI=1S/2C62H39N5S/c1-6-19-40(20-7-1)44-35-45(41-21-8-2-9-22-41)37-46(36-44)47-38-52(62-65-60(42-23-10-3-11-24-42)64-61(66-62)43-25-12-4-13-26-43)58(63-39-47)50-30-18-32-55-56(50)51-33-34-54-57(59(51)68-55)49-29-16-17-31-53(49)67(54)48-27-14-5-15-28-48;1-6-18-40(19-7-1)45-34-46(41-20-8-2-9-21-41)36-47(35-45)48-38-53(62-65-60(42-22-10-3-11-23-42)64-61(66-62)43-24-12-4-13-25-43)58(63-39-48)44-30-33-56-52(37-44)50-31-32-55-57(59(50)68-56)51-28-16-17-29-54(51)67(55)49-26-14-5-15-27-49/h2*1-39H. The van der Waals surface area contributed by atoms with Gasteiger partial charge >= 0.3 is 0 Å². The Morgan fingerprint density at radius 3 is 0.897 bits per heavy atom. The number of benzene rings is 18. The van der Waals surface area contributed by atoms with Crippen molar-refractivity contribution in [2.75, 3.05) is 0 Å². The Hall–Kier alpha value is -17.7. The van der Waals surface area contributed by atoms with Gasteiger partial charge in [0.1, 0.15) is 0 Å². The lowest BCUT2D eigenvalue weighted by Crippen LogP contribution is -2.02. The highest BCUT2D eigenvalue weighted by Crippen LogP contribution is 2.51. The molecule has 0 atom stereocenters. The minimum absolute atomic E-state index is 0.550. The van der Waals surface area contributed by atoms with Crippen LogP contribution >= 0.6 is 22.7 Å². The van der Waals surface area contributed by atoms with E-state index in [1.807, 2.05) is 132 Å². The number of rotatable bonds is 16. The van der Waals surface area contributed by atoms with Gasteiger partial charge in [-0.2, -0.15) is 0 Å². The summed E-state index contributed by atoms with van der Waals surface area (Å²) in [6.45, 7) is 0. The van der Waals surface area contributed by atoms with Crippen molar-refractivity contribution in [2.24, 2.45) is 0 Å². The molecule has 136 heavy (non-hydrogen) atoms. The molecule has 8 heterocycles. The summed E-state index contributed by atoms with van der Waals surface area (Å²) in [7, 11) is 0. The molecule has 26 rings (SSSR count). The van der Waals surface area contributed by atoms with Crippen molar-refractivity contribution in [2.45, 2.75) is 0 Å². The molecule has 12 heteroatoms. The average Bonchev–Trinajstić information content (AvgIpc) is 1.55. The number of para-hydroxylation sites is 4. The van der Waals surface area contributed by atoms with Crippen molar-refractivity contribution in [1.29, 1.82) is 0 Å². The first-order valence-corrected chi connectivity index (χ1v) is 47.2. The number of hydrogen-bond donors (Lipinski definition) is 0. The SMILES string of the molecule is c1ccc(-c2cc(-c3ccccc3)cc(-c3cnc(-c4ccc5sc6c(ccc7c6c6ccccc6n7-c6ccccc6)c5c4)c(-c4nc(-c5ccccc5)nc(-c5ccccc5)n4)c3)c2)cc1.c1ccc(-c2cc(-c3ccccc3)cc(-c3cnc(-c4cccc5sc6c(ccc7c6c6ccccc6n7-c6ccccc6)c45)c(-c4nc(-c5ccccc5)nc(-c5ccccc5)n4)c3)c2)cc1. The Morgan fingerprint density at radius 2 is 0.493 bits per heavy atom. The summed E-state index contributed by atoms with van der Waals surface area (Å²) in [6, 6.07) is 162. The fourth-order valence-electron chi connectivity index (χ4n) is 19.3. The zero-order valence-corrected chi connectivity index (χ0v) is 75.0. The van der Waals surface area contributed by atoms with Gasteiger partial charge in [-0.15, -0.1) is 22.7 Å². The minimum Gasteiger partial charge on any atom is -0.309 e. The van der Waals surface area contributed by atoms with Gasteiger partial charge in [-0.05, 0) is 171 Å². The van der Waals surface area contributed by atoms with Crippen LogP contribution in [0.2, 0.25) is 0 Å². The summed E-state index contributed by atoms with van der Waals surface area (Å²) in [5.41, 5.74) is 29.0. The molecular formula is C124H78N10S2. The van der Waals surface area contributed by atoms with Crippen LogP contribution in [0.15, 0.2) is 473 Å². The van der Waals surface area contributed by atoms with Gasteiger partial charge in [0.05, 0.1) is 33.5 Å². The van der Waals surface area contributed by atoms with Crippen molar-refractivity contribution in [1.82, 2.24) is 49.0 Å². The lowest BCUT2D eigenvalue weighted by atomic mass is 9.92. The number of hydrogen-bond acceptors (Lipinski definition) is 10. The highest BCUT2D eigenvalue weighted by Gasteiger charge is 2.27. The predicted molar refractivity (Wildman–Crippen MR) is 566 cm³/mol. The summed E-state index contributed by atoms with van der Waals surface area (Å²) < 4.78 is 9.70. The fraction of sp³-hybridized carbons (Fsp3) is 0. The van der Waals surface area contributed by atoms with Gasteiger partial charge in [-0.1, -0.05) is 346 Å². The zero-order chi connectivity index (χ0) is 89.9. The largest absolute Gasteiger partial charge is 0.309 e. The zero-order valence-electron chi connectivity index (χ0n) is 73.3. The Kier molecular flexibility index (Phi) is 20.4. The maximum Gasteiger partial charge on any atom is 0.166 e. The molecule has 636 valence electrons. The third-order valence-electron chi connectivity index (χ3n) is 25.7. The molecule has 8 aromatic heterocycles. The van der Waals surface area contributed by atoms with Crippen molar-refractivity contribution in [3.05, 3.63) is 473 Å². The van der Waals surface area contributed by atoms with Gasteiger partial charge in [0, 0.05) is 141 Å². The molecule has 0 aliphatic carbocycles. The first-order valence-electron chi connectivity index (χ1n) is 45.6. The van der Waals surface area contributed by atoms with E-state index in [4.69, 9.17) is 39.9 Å². The molecule has 10 nitrogen and oxygen atoms in total. The average molecular weight is 1770 g/mol. The number of pyridine rings is 2. The molecule has 0 fully saturated rings. The van der Waals surface area contributed by atoms with Crippen LogP contribution in [-0.4, -0.2) is 49.0 Å². The number of aromatic nitrogens is 10. The van der Waals surface area contributed by atoms with Gasteiger partial charge in [-0.3, -0.25) is 9.97 Å².